The van der Waals surface area contributed by atoms with Crippen LogP contribution in [0.1, 0.15) is 18.9 Å². The van der Waals surface area contributed by atoms with Crippen LogP contribution in [0, 0.1) is 0 Å². The van der Waals surface area contributed by atoms with Gasteiger partial charge < -0.3 is 9.67 Å². The third-order valence-electron chi connectivity index (χ3n) is 2.87. The van der Waals surface area contributed by atoms with Crippen molar-refractivity contribution in [3.63, 3.8) is 0 Å². The molecule has 1 N–H and O–H groups in total. The fraction of sp³-hybridized carbons (Fsp3) is 0.385. The first kappa shape index (κ1) is 11.5. The van der Waals surface area contributed by atoms with Crippen molar-refractivity contribution in [2.24, 2.45) is 7.05 Å². The van der Waals surface area contributed by atoms with Crippen molar-refractivity contribution in [3.05, 3.63) is 35.0 Å². The van der Waals surface area contributed by atoms with Crippen LogP contribution in [-0.4, -0.2) is 15.8 Å². The van der Waals surface area contributed by atoms with E-state index in [1.807, 2.05) is 26.1 Å². The molecule has 2 rings (SSSR count). The molecule has 0 aliphatic heterocycles. The Morgan fingerprint density at radius 2 is 2.19 bits per heavy atom. The third kappa shape index (κ3) is 2.23. The second kappa shape index (κ2) is 4.48. The molecule has 0 fully saturated rings. The molecule has 0 unspecified atom stereocenters. The minimum atomic E-state index is -0.248. The minimum Gasteiger partial charge on any atom is -0.393 e. The predicted octanol–water partition coefficient (Wildman–Crippen LogP) is 3.15. The summed E-state index contributed by atoms with van der Waals surface area (Å²) in [6, 6.07) is 5.94. The quantitative estimate of drug-likeness (QED) is 0.872. The summed E-state index contributed by atoms with van der Waals surface area (Å²) in [5.74, 6) is 0. The van der Waals surface area contributed by atoms with E-state index in [-0.39, 0.29) is 6.10 Å². The molecule has 0 amide bonds. The summed E-state index contributed by atoms with van der Waals surface area (Å²) in [6.07, 6.45) is 3.56. The van der Waals surface area contributed by atoms with Crippen LogP contribution in [0.25, 0.3) is 10.9 Å². The summed E-state index contributed by atoms with van der Waals surface area (Å²) in [7, 11) is 2.02. The monoisotopic (exact) mass is 237 g/mol. The van der Waals surface area contributed by atoms with E-state index >= 15 is 0 Å². The average molecular weight is 238 g/mol. The Morgan fingerprint density at radius 1 is 1.44 bits per heavy atom. The Bertz CT molecular complexity index is 502. The highest BCUT2D eigenvalue weighted by atomic mass is 35.5. The molecule has 0 aliphatic rings. The second-order valence-corrected chi connectivity index (χ2v) is 4.75. The molecule has 1 heterocycles. The van der Waals surface area contributed by atoms with E-state index in [0.29, 0.717) is 0 Å². The second-order valence-electron chi connectivity index (χ2n) is 4.31. The van der Waals surface area contributed by atoms with Crippen LogP contribution < -0.4 is 0 Å². The van der Waals surface area contributed by atoms with Gasteiger partial charge in [-0.25, -0.2) is 0 Å². The van der Waals surface area contributed by atoms with Crippen molar-refractivity contribution >= 4 is 22.5 Å². The fourth-order valence-corrected chi connectivity index (χ4v) is 2.17. The smallest absolute Gasteiger partial charge is 0.0515 e. The molecule has 0 aliphatic carbocycles. The molecule has 0 saturated heterocycles. The van der Waals surface area contributed by atoms with E-state index in [4.69, 9.17) is 11.6 Å². The Hall–Kier alpha value is -0.990. The SMILES string of the molecule is C[C@H](O)CCc1cn(C)c2cc(Cl)ccc12. The van der Waals surface area contributed by atoms with Gasteiger partial charge in [-0.15, -0.1) is 0 Å². The highest BCUT2D eigenvalue weighted by Gasteiger charge is 2.07. The van der Waals surface area contributed by atoms with Crippen LogP contribution in [0.2, 0.25) is 5.02 Å². The number of nitrogens with zero attached hydrogens (tertiary/aromatic N) is 1. The standard InChI is InChI=1S/C13H16ClNO/c1-9(16)3-4-10-8-15(2)13-7-11(14)5-6-12(10)13/h5-9,16H,3-4H2,1-2H3/t9-/m0/s1. The average Bonchev–Trinajstić information content (AvgIpc) is 2.53. The first-order valence-corrected chi connectivity index (χ1v) is 5.87. The summed E-state index contributed by atoms with van der Waals surface area (Å²) in [6.45, 7) is 1.82. The summed E-state index contributed by atoms with van der Waals surface area (Å²) in [5.41, 5.74) is 2.42. The van der Waals surface area contributed by atoms with E-state index < -0.39 is 0 Å². The van der Waals surface area contributed by atoms with Crippen LogP contribution in [0.5, 0.6) is 0 Å². The lowest BCUT2D eigenvalue weighted by molar-refractivity contribution is 0.185. The van der Waals surface area contributed by atoms with Gasteiger partial charge in [0.25, 0.3) is 0 Å². The highest BCUT2D eigenvalue weighted by Crippen LogP contribution is 2.25. The van der Waals surface area contributed by atoms with Crippen molar-refractivity contribution in [2.75, 3.05) is 0 Å². The number of hydrogen-bond acceptors (Lipinski definition) is 1. The van der Waals surface area contributed by atoms with Crippen molar-refractivity contribution in [1.29, 1.82) is 0 Å². The molecule has 2 nitrogen and oxygen atoms in total. The third-order valence-corrected chi connectivity index (χ3v) is 3.10. The Labute approximate surface area is 100 Å². The van der Waals surface area contributed by atoms with Crippen molar-refractivity contribution < 1.29 is 5.11 Å². The number of aromatic nitrogens is 1. The van der Waals surface area contributed by atoms with Gasteiger partial charge in [-0.1, -0.05) is 17.7 Å². The predicted molar refractivity (Wildman–Crippen MR) is 67.9 cm³/mol. The van der Waals surface area contributed by atoms with Gasteiger partial charge in [0.05, 0.1) is 6.10 Å². The van der Waals surface area contributed by atoms with Gasteiger partial charge in [0.2, 0.25) is 0 Å². The first-order valence-electron chi connectivity index (χ1n) is 5.49. The Balaban J connectivity index is 2.39. The van der Waals surface area contributed by atoms with E-state index in [9.17, 15) is 5.11 Å². The molecular formula is C13H16ClNO. The Morgan fingerprint density at radius 3 is 2.88 bits per heavy atom. The van der Waals surface area contributed by atoms with Crippen LogP contribution in [-0.2, 0) is 13.5 Å². The lowest BCUT2D eigenvalue weighted by atomic mass is 10.1. The van der Waals surface area contributed by atoms with Gasteiger partial charge >= 0.3 is 0 Å². The molecule has 86 valence electrons. The van der Waals surface area contributed by atoms with Crippen LogP contribution >= 0.6 is 11.6 Å². The van der Waals surface area contributed by atoms with E-state index in [2.05, 4.69) is 16.8 Å². The number of halogens is 1. The van der Waals surface area contributed by atoms with E-state index in [1.54, 1.807) is 0 Å². The van der Waals surface area contributed by atoms with Crippen molar-refractivity contribution in [3.8, 4) is 0 Å². The van der Waals surface area contributed by atoms with Gasteiger partial charge in [0.1, 0.15) is 0 Å². The van der Waals surface area contributed by atoms with Gasteiger partial charge in [-0.2, -0.15) is 0 Å². The summed E-state index contributed by atoms with van der Waals surface area (Å²) in [5, 5.41) is 11.3. The number of rotatable bonds is 3. The van der Waals surface area contributed by atoms with Gasteiger partial charge in [-0.3, -0.25) is 0 Å². The largest absolute Gasteiger partial charge is 0.393 e. The summed E-state index contributed by atoms with van der Waals surface area (Å²) in [4.78, 5) is 0. The minimum absolute atomic E-state index is 0.248. The lowest BCUT2D eigenvalue weighted by Crippen LogP contribution is -2.00. The maximum atomic E-state index is 9.31. The maximum absolute atomic E-state index is 9.31. The van der Waals surface area contributed by atoms with Crippen molar-refractivity contribution in [2.45, 2.75) is 25.9 Å². The number of fused-ring (bicyclic) bond motifs is 1. The number of aliphatic hydroxyl groups is 1. The first-order chi connectivity index (χ1) is 7.58. The number of aliphatic hydroxyl groups excluding tert-OH is 1. The zero-order chi connectivity index (χ0) is 11.7. The van der Waals surface area contributed by atoms with E-state index in [1.165, 1.54) is 10.9 Å². The molecule has 0 radical (unpaired) electrons. The topological polar surface area (TPSA) is 25.2 Å². The molecule has 0 saturated carbocycles. The number of hydrogen-bond donors (Lipinski definition) is 1. The molecule has 1 aromatic carbocycles. The molecule has 1 atom stereocenters. The zero-order valence-electron chi connectivity index (χ0n) is 9.57. The number of aryl methyl sites for hydroxylation is 2. The van der Waals surface area contributed by atoms with Gasteiger partial charge in [0, 0.05) is 29.2 Å². The van der Waals surface area contributed by atoms with Crippen LogP contribution in [0.15, 0.2) is 24.4 Å². The summed E-state index contributed by atoms with van der Waals surface area (Å²) < 4.78 is 2.08. The van der Waals surface area contributed by atoms with Crippen LogP contribution in [0.4, 0.5) is 0 Å². The van der Waals surface area contributed by atoms with E-state index in [0.717, 1.165) is 23.4 Å². The maximum Gasteiger partial charge on any atom is 0.0515 e. The normalized spacial score (nSPS) is 13.2. The van der Waals surface area contributed by atoms with Gasteiger partial charge in [-0.05, 0) is 37.5 Å². The molecule has 0 spiro atoms. The van der Waals surface area contributed by atoms with Crippen LogP contribution in [0.3, 0.4) is 0 Å². The van der Waals surface area contributed by atoms with Crippen molar-refractivity contribution in [1.82, 2.24) is 4.57 Å². The fourth-order valence-electron chi connectivity index (χ4n) is 2.00. The highest BCUT2D eigenvalue weighted by molar-refractivity contribution is 6.31. The molecule has 1 aromatic heterocycles. The molecule has 2 aromatic rings. The summed E-state index contributed by atoms with van der Waals surface area (Å²) >= 11 is 5.97. The lowest BCUT2D eigenvalue weighted by Gasteiger charge is -2.02. The number of benzene rings is 1. The Kier molecular flexibility index (Phi) is 3.22. The van der Waals surface area contributed by atoms with Gasteiger partial charge in [0.15, 0.2) is 0 Å². The molecule has 3 heteroatoms. The molecular weight excluding hydrogens is 222 g/mol. The zero-order valence-corrected chi connectivity index (χ0v) is 10.3. The molecule has 0 bridgehead atoms. The molecule has 16 heavy (non-hydrogen) atoms.